The molecule has 0 aliphatic heterocycles. The number of aromatic nitrogens is 2. The molecule has 0 bridgehead atoms. The molecule has 1 heterocycles. The zero-order valence-corrected chi connectivity index (χ0v) is 11.2. The third-order valence-electron chi connectivity index (χ3n) is 2.90. The van der Waals surface area contributed by atoms with Gasteiger partial charge in [0.15, 0.2) is 0 Å². The molecular formula is C15H11F2N3O2. The SMILES string of the molecule is Nc1cccc(-c2nc(-c3ccc(OC(F)F)cc3)no2)c1. The van der Waals surface area contributed by atoms with E-state index < -0.39 is 6.61 Å². The summed E-state index contributed by atoms with van der Waals surface area (Å²) >= 11 is 0. The van der Waals surface area contributed by atoms with Crippen LogP contribution in [0.2, 0.25) is 0 Å². The monoisotopic (exact) mass is 303 g/mol. The molecule has 0 aliphatic carbocycles. The predicted molar refractivity (Wildman–Crippen MR) is 76.2 cm³/mol. The van der Waals surface area contributed by atoms with E-state index in [2.05, 4.69) is 14.9 Å². The minimum absolute atomic E-state index is 0.0679. The van der Waals surface area contributed by atoms with Crippen molar-refractivity contribution in [1.29, 1.82) is 0 Å². The van der Waals surface area contributed by atoms with Gasteiger partial charge >= 0.3 is 6.61 Å². The van der Waals surface area contributed by atoms with Gasteiger partial charge < -0.3 is 15.0 Å². The molecule has 2 N–H and O–H groups in total. The molecule has 0 unspecified atom stereocenters. The molecule has 0 saturated carbocycles. The number of nitrogens with two attached hydrogens (primary N) is 1. The summed E-state index contributed by atoms with van der Waals surface area (Å²) in [5.74, 6) is 0.745. The number of ether oxygens (including phenoxy) is 1. The van der Waals surface area contributed by atoms with Crippen molar-refractivity contribution in [3.8, 4) is 28.6 Å². The van der Waals surface area contributed by atoms with E-state index in [4.69, 9.17) is 10.3 Å². The number of alkyl halides is 2. The van der Waals surface area contributed by atoms with Crippen molar-refractivity contribution in [1.82, 2.24) is 10.1 Å². The zero-order valence-electron chi connectivity index (χ0n) is 11.2. The Morgan fingerprint density at radius 1 is 1.05 bits per heavy atom. The lowest BCUT2D eigenvalue weighted by atomic mass is 10.2. The van der Waals surface area contributed by atoms with E-state index in [1.165, 1.54) is 12.1 Å². The van der Waals surface area contributed by atoms with Crippen LogP contribution in [0.5, 0.6) is 5.75 Å². The molecular weight excluding hydrogens is 292 g/mol. The second kappa shape index (κ2) is 5.80. The lowest BCUT2D eigenvalue weighted by molar-refractivity contribution is -0.0498. The fraction of sp³-hybridized carbons (Fsp3) is 0.0667. The number of nitrogens with zero attached hydrogens (tertiary/aromatic N) is 2. The molecule has 112 valence electrons. The van der Waals surface area contributed by atoms with Gasteiger partial charge in [-0.2, -0.15) is 13.8 Å². The van der Waals surface area contributed by atoms with Crippen LogP contribution in [0.4, 0.5) is 14.5 Å². The maximum Gasteiger partial charge on any atom is 0.387 e. The van der Waals surface area contributed by atoms with Gasteiger partial charge in [0.05, 0.1) is 0 Å². The largest absolute Gasteiger partial charge is 0.435 e. The first kappa shape index (κ1) is 14.0. The molecule has 0 amide bonds. The Morgan fingerprint density at radius 3 is 2.50 bits per heavy atom. The molecule has 7 heteroatoms. The normalized spacial score (nSPS) is 10.9. The minimum atomic E-state index is -2.86. The molecule has 0 aliphatic rings. The predicted octanol–water partition coefficient (Wildman–Crippen LogP) is 3.59. The number of rotatable bonds is 4. The van der Waals surface area contributed by atoms with E-state index in [9.17, 15) is 8.78 Å². The molecule has 5 nitrogen and oxygen atoms in total. The average molecular weight is 303 g/mol. The van der Waals surface area contributed by atoms with E-state index in [0.717, 1.165) is 0 Å². The van der Waals surface area contributed by atoms with Crippen LogP contribution in [0.15, 0.2) is 53.1 Å². The number of hydrogen-bond acceptors (Lipinski definition) is 5. The van der Waals surface area contributed by atoms with Crippen molar-refractivity contribution in [3.63, 3.8) is 0 Å². The van der Waals surface area contributed by atoms with Gasteiger partial charge in [0.25, 0.3) is 5.89 Å². The highest BCUT2D eigenvalue weighted by atomic mass is 19.3. The second-order valence-corrected chi connectivity index (χ2v) is 4.45. The summed E-state index contributed by atoms with van der Waals surface area (Å²) in [6.45, 7) is -2.86. The fourth-order valence-electron chi connectivity index (χ4n) is 1.92. The molecule has 0 saturated heterocycles. The standard InChI is InChI=1S/C15H11F2N3O2/c16-15(17)21-12-6-4-9(5-7-12)13-19-14(22-20-13)10-2-1-3-11(18)8-10/h1-8,15H,18H2. The van der Waals surface area contributed by atoms with Gasteiger partial charge in [0.1, 0.15) is 5.75 Å². The second-order valence-electron chi connectivity index (χ2n) is 4.45. The summed E-state index contributed by atoms with van der Waals surface area (Å²) in [5, 5.41) is 3.87. The summed E-state index contributed by atoms with van der Waals surface area (Å²) in [4.78, 5) is 4.26. The Bertz CT molecular complexity index is 772. The van der Waals surface area contributed by atoms with Crippen molar-refractivity contribution in [2.75, 3.05) is 5.73 Å². The van der Waals surface area contributed by atoms with Gasteiger partial charge in [-0.1, -0.05) is 11.2 Å². The van der Waals surface area contributed by atoms with Gasteiger partial charge in [-0.3, -0.25) is 0 Å². The molecule has 1 aromatic heterocycles. The average Bonchev–Trinajstić information content (AvgIpc) is 2.97. The van der Waals surface area contributed by atoms with Crippen molar-refractivity contribution in [2.24, 2.45) is 0 Å². The van der Waals surface area contributed by atoms with Crippen molar-refractivity contribution >= 4 is 5.69 Å². The van der Waals surface area contributed by atoms with Crippen LogP contribution in [0.3, 0.4) is 0 Å². The van der Waals surface area contributed by atoms with Crippen LogP contribution >= 0.6 is 0 Å². The Kier molecular flexibility index (Phi) is 3.69. The highest BCUT2D eigenvalue weighted by Crippen LogP contribution is 2.25. The van der Waals surface area contributed by atoms with Crippen molar-refractivity contribution in [2.45, 2.75) is 6.61 Å². The van der Waals surface area contributed by atoms with Crippen LogP contribution in [0.25, 0.3) is 22.8 Å². The lowest BCUT2D eigenvalue weighted by Gasteiger charge is -2.03. The first-order valence-electron chi connectivity index (χ1n) is 6.37. The summed E-state index contributed by atoms with van der Waals surface area (Å²) in [6, 6.07) is 13.0. The quantitative estimate of drug-likeness (QED) is 0.746. The molecule has 22 heavy (non-hydrogen) atoms. The highest BCUT2D eigenvalue weighted by molar-refractivity contribution is 5.63. The number of halogens is 2. The summed E-state index contributed by atoms with van der Waals surface area (Å²) in [7, 11) is 0. The third-order valence-corrected chi connectivity index (χ3v) is 2.90. The van der Waals surface area contributed by atoms with E-state index in [1.54, 1.807) is 36.4 Å². The van der Waals surface area contributed by atoms with Crippen molar-refractivity contribution < 1.29 is 18.0 Å². The maximum atomic E-state index is 12.1. The Morgan fingerprint density at radius 2 is 1.82 bits per heavy atom. The smallest absolute Gasteiger partial charge is 0.387 e. The van der Waals surface area contributed by atoms with E-state index in [-0.39, 0.29) is 5.75 Å². The highest BCUT2D eigenvalue weighted by Gasteiger charge is 2.11. The molecule has 3 aromatic rings. The number of benzene rings is 2. The number of anilines is 1. The molecule has 0 spiro atoms. The van der Waals surface area contributed by atoms with Crippen LogP contribution in [-0.4, -0.2) is 16.8 Å². The Hall–Kier alpha value is -2.96. The molecule has 3 rings (SSSR count). The van der Waals surface area contributed by atoms with Crippen molar-refractivity contribution in [3.05, 3.63) is 48.5 Å². The van der Waals surface area contributed by atoms with E-state index >= 15 is 0 Å². The summed E-state index contributed by atoms with van der Waals surface area (Å²) < 4.78 is 33.7. The van der Waals surface area contributed by atoms with Gasteiger partial charge in [-0.05, 0) is 42.5 Å². The first-order chi connectivity index (χ1) is 10.6. The number of nitrogen functional groups attached to an aromatic ring is 1. The minimum Gasteiger partial charge on any atom is -0.435 e. The number of hydrogen-bond donors (Lipinski definition) is 1. The molecule has 2 aromatic carbocycles. The maximum absolute atomic E-state index is 12.1. The summed E-state index contributed by atoms with van der Waals surface area (Å²) in [6.07, 6.45) is 0. The first-order valence-corrected chi connectivity index (χ1v) is 6.37. The Balaban J connectivity index is 1.84. The van der Waals surface area contributed by atoms with Crippen LogP contribution in [0.1, 0.15) is 0 Å². The lowest BCUT2D eigenvalue weighted by Crippen LogP contribution is -2.01. The fourth-order valence-corrected chi connectivity index (χ4v) is 1.92. The van der Waals surface area contributed by atoms with Crippen LogP contribution in [-0.2, 0) is 0 Å². The van der Waals surface area contributed by atoms with Gasteiger partial charge in [0, 0.05) is 16.8 Å². The van der Waals surface area contributed by atoms with Crippen LogP contribution in [0, 0.1) is 0 Å². The van der Waals surface area contributed by atoms with Gasteiger partial charge in [-0.15, -0.1) is 0 Å². The van der Waals surface area contributed by atoms with E-state index in [1.807, 2.05) is 0 Å². The van der Waals surface area contributed by atoms with Crippen LogP contribution < -0.4 is 10.5 Å². The van der Waals surface area contributed by atoms with Gasteiger partial charge in [-0.25, -0.2) is 0 Å². The summed E-state index contributed by atoms with van der Waals surface area (Å²) in [5.41, 5.74) is 7.62. The molecule has 0 radical (unpaired) electrons. The van der Waals surface area contributed by atoms with E-state index in [0.29, 0.717) is 28.5 Å². The Labute approximate surface area is 124 Å². The molecule has 0 atom stereocenters. The van der Waals surface area contributed by atoms with Gasteiger partial charge in [0.2, 0.25) is 5.82 Å². The zero-order chi connectivity index (χ0) is 15.5. The molecule has 0 fully saturated rings. The topological polar surface area (TPSA) is 74.2 Å². The third kappa shape index (κ3) is 3.03.